The lowest BCUT2D eigenvalue weighted by Crippen LogP contribution is -2.01. The van der Waals surface area contributed by atoms with Crippen LogP contribution in [0.1, 0.15) is 27.7 Å². The summed E-state index contributed by atoms with van der Waals surface area (Å²) in [6.07, 6.45) is 1.15. The van der Waals surface area contributed by atoms with Gasteiger partial charge in [-0.15, -0.1) is 0 Å². The molecule has 0 bridgehead atoms. The van der Waals surface area contributed by atoms with Crippen molar-refractivity contribution in [1.29, 1.82) is 0 Å². The van der Waals surface area contributed by atoms with Gasteiger partial charge in [0.2, 0.25) is 0 Å². The lowest BCUT2D eigenvalue weighted by atomic mass is 10.1. The van der Waals surface area contributed by atoms with Crippen molar-refractivity contribution in [3.8, 4) is 0 Å². The maximum atomic E-state index is 5.23. The number of hydrogen-bond acceptors (Lipinski definition) is 1. The summed E-state index contributed by atoms with van der Waals surface area (Å²) in [6, 6.07) is 0. The zero-order valence-electron chi connectivity index (χ0n) is 4.57. The molecule has 2 N–H and O–H groups in total. The molecule has 0 rings (SSSR count). The topological polar surface area (TPSA) is 26.0 Å². The van der Waals surface area contributed by atoms with E-state index in [0.717, 1.165) is 18.9 Å². The summed E-state index contributed by atoms with van der Waals surface area (Å²) in [5.41, 5.74) is 5.23. The van der Waals surface area contributed by atoms with Gasteiger partial charge in [0.05, 0.1) is 0 Å². The van der Waals surface area contributed by atoms with Gasteiger partial charge in [-0.25, -0.2) is 0 Å². The molecule has 1 heteroatoms. The highest BCUT2D eigenvalue weighted by Crippen LogP contribution is 1.93. The van der Waals surface area contributed by atoms with E-state index in [1.807, 2.05) is 0 Å². The Morgan fingerprint density at radius 2 is 1.86 bits per heavy atom. The van der Waals surface area contributed by atoms with Gasteiger partial charge in [-0.2, -0.15) is 0 Å². The van der Waals surface area contributed by atoms with Crippen molar-refractivity contribution in [3.05, 3.63) is 0 Å². The van der Waals surface area contributed by atoms with Crippen molar-refractivity contribution in [3.63, 3.8) is 0 Å². The highest BCUT2D eigenvalue weighted by atomic mass is 14.5. The van der Waals surface area contributed by atoms with Gasteiger partial charge in [0.25, 0.3) is 0 Å². The van der Waals surface area contributed by atoms with Crippen LogP contribution in [0.25, 0.3) is 0 Å². The van der Waals surface area contributed by atoms with Gasteiger partial charge in [0, 0.05) is 0 Å². The van der Waals surface area contributed by atoms with Crippen LogP contribution in [0.3, 0.4) is 0 Å². The second kappa shape index (κ2) is 5.96. The molecule has 0 aromatic rings. The van der Waals surface area contributed by atoms with E-state index < -0.39 is 0 Å². The normalized spacial score (nSPS) is 8.57. The highest BCUT2D eigenvalue weighted by Gasteiger charge is 1.85. The fourth-order valence-electron chi connectivity index (χ4n) is 0.333. The SMILES string of the molecule is C.CC(C)CCN. The maximum Gasteiger partial charge on any atom is -0.00748 e. The van der Waals surface area contributed by atoms with Crippen LogP contribution in [0.4, 0.5) is 0 Å². The van der Waals surface area contributed by atoms with E-state index >= 15 is 0 Å². The smallest absolute Gasteiger partial charge is 0.00748 e. The minimum absolute atomic E-state index is 0. The molecule has 0 fully saturated rings. The van der Waals surface area contributed by atoms with Crippen LogP contribution in [-0.4, -0.2) is 6.54 Å². The van der Waals surface area contributed by atoms with Crippen molar-refractivity contribution in [2.24, 2.45) is 11.7 Å². The molecule has 0 saturated heterocycles. The molecule has 0 heterocycles. The number of rotatable bonds is 2. The predicted molar refractivity (Wildman–Crippen MR) is 35.2 cm³/mol. The Kier molecular flexibility index (Phi) is 8.56. The first kappa shape index (κ1) is 10.0. The van der Waals surface area contributed by atoms with Gasteiger partial charge in [0.15, 0.2) is 0 Å². The third-order valence-corrected chi connectivity index (χ3v) is 0.744. The highest BCUT2D eigenvalue weighted by molar-refractivity contribution is 4.42. The number of hydrogen-bond donors (Lipinski definition) is 1. The second-order valence-electron chi connectivity index (χ2n) is 1.97. The molecular weight excluding hydrogens is 86.1 g/mol. The largest absolute Gasteiger partial charge is 0.330 e. The first-order chi connectivity index (χ1) is 2.77. The zero-order valence-corrected chi connectivity index (χ0v) is 4.57. The molecule has 0 aromatic carbocycles. The van der Waals surface area contributed by atoms with E-state index in [1.165, 1.54) is 0 Å². The van der Waals surface area contributed by atoms with Crippen molar-refractivity contribution in [2.45, 2.75) is 27.7 Å². The van der Waals surface area contributed by atoms with E-state index in [9.17, 15) is 0 Å². The lowest BCUT2D eigenvalue weighted by molar-refractivity contribution is 0.596. The van der Waals surface area contributed by atoms with E-state index in [0.29, 0.717) is 0 Å². The van der Waals surface area contributed by atoms with E-state index in [1.54, 1.807) is 0 Å². The Morgan fingerprint density at radius 1 is 1.43 bits per heavy atom. The minimum atomic E-state index is 0. The molecule has 0 amide bonds. The Balaban J connectivity index is 0. The average Bonchev–Trinajstić information content (AvgIpc) is 1.35. The molecule has 7 heavy (non-hydrogen) atoms. The molecule has 0 atom stereocenters. The Morgan fingerprint density at radius 3 is 1.86 bits per heavy atom. The van der Waals surface area contributed by atoms with Crippen molar-refractivity contribution >= 4 is 0 Å². The van der Waals surface area contributed by atoms with Crippen molar-refractivity contribution in [2.75, 3.05) is 6.54 Å². The van der Waals surface area contributed by atoms with Crippen LogP contribution in [-0.2, 0) is 0 Å². The van der Waals surface area contributed by atoms with Crippen molar-refractivity contribution < 1.29 is 0 Å². The maximum absolute atomic E-state index is 5.23. The summed E-state index contributed by atoms with van der Waals surface area (Å²) in [7, 11) is 0. The Bertz CT molecular complexity index is 25.4. The summed E-state index contributed by atoms with van der Waals surface area (Å²) in [6.45, 7) is 5.18. The third-order valence-electron chi connectivity index (χ3n) is 0.744. The third kappa shape index (κ3) is 10.7. The molecule has 1 nitrogen and oxygen atoms in total. The standard InChI is InChI=1S/C5H13N.CH4/c1-5(2)3-4-6;/h5H,3-4,6H2,1-2H3;1H4. The monoisotopic (exact) mass is 103 g/mol. The van der Waals surface area contributed by atoms with E-state index in [4.69, 9.17) is 5.73 Å². The van der Waals surface area contributed by atoms with E-state index in [-0.39, 0.29) is 7.43 Å². The fourth-order valence-corrected chi connectivity index (χ4v) is 0.333. The summed E-state index contributed by atoms with van der Waals surface area (Å²) < 4.78 is 0. The molecule has 0 spiro atoms. The fraction of sp³-hybridized carbons (Fsp3) is 1.00. The first-order valence-corrected chi connectivity index (χ1v) is 2.47. The van der Waals surface area contributed by atoms with Crippen LogP contribution in [0, 0.1) is 5.92 Å². The second-order valence-corrected chi connectivity index (χ2v) is 1.97. The number of nitrogens with two attached hydrogens (primary N) is 1. The molecule has 0 unspecified atom stereocenters. The van der Waals surface area contributed by atoms with Gasteiger partial charge in [-0.3, -0.25) is 0 Å². The molecule has 0 aliphatic rings. The van der Waals surface area contributed by atoms with Crippen LogP contribution in [0.15, 0.2) is 0 Å². The summed E-state index contributed by atoms with van der Waals surface area (Å²) in [5, 5.41) is 0. The molecule has 0 saturated carbocycles. The zero-order chi connectivity index (χ0) is 4.99. The minimum Gasteiger partial charge on any atom is -0.330 e. The molecule has 0 aliphatic heterocycles. The molecule has 0 aliphatic carbocycles. The summed E-state index contributed by atoms with van der Waals surface area (Å²) in [5.74, 6) is 0.773. The van der Waals surface area contributed by atoms with Crippen LogP contribution in [0.2, 0.25) is 0 Å². The van der Waals surface area contributed by atoms with Crippen LogP contribution >= 0.6 is 0 Å². The summed E-state index contributed by atoms with van der Waals surface area (Å²) >= 11 is 0. The Hall–Kier alpha value is -0.0400. The van der Waals surface area contributed by atoms with Gasteiger partial charge in [0.1, 0.15) is 0 Å². The Labute approximate surface area is 46.9 Å². The predicted octanol–water partition coefficient (Wildman–Crippen LogP) is 1.63. The quantitative estimate of drug-likeness (QED) is 0.564. The van der Waals surface area contributed by atoms with Gasteiger partial charge in [-0.05, 0) is 18.9 Å². The van der Waals surface area contributed by atoms with E-state index in [2.05, 4.69) is 13.8 Å². The lowest BCUT2D eigenvalue weighted by Gasteiger charge is -1.96. The average molecular weight is 103 g/mol. The molecule has 0 radical (unpaired) electrons. The van der Waals surface area contributed by atoms with Crippen LogP contribution < -0.4 is 5.73 Å². The van der Waals surface area contributed by atoms with Gasteiger partial charge < -0.3 is 5.73 Å². The van der Waals surface area contributed by atoms with Gasteiger partial charge >= 0.3 is 0 Å². The van der Waals surface area contributed by atoms with Gasteiger partial charge in [-0.1, -0.05) is 21.3 Å². The van der Waals surface area contributed by atoms with Crippen molar-refractivity contribution in [1.82, 2.24) is 0 Å². The first-order valence-electron chi connectivity index (χ1n) is 2.47. The molecule has 46 valence electrons. The summed E-state index contributed by atoms with van der Waals surface area (Å²) in [4.78, 5) is 0. The molecular formula is C6H17N. The van der Waals surface area contributed by atoms with Crippen LogP contribution in [0.5, 0.6) is 0 Å². The molecule has 0 aromatic heterocycles.